The second-order valence-corrected chi connectivity index (χ2v) is 7.20. The highest BCUT2D eigenvalue weighted by Crippen LogP contribution is 2.45. The van der Waals surface area contributed by atoms with E-state index in [4.69, 9.17) is 10.1 Å². The normalized spacial score (nSPS) is 25.2. The van der Waals surface area contributed by atoms with E-state index in [1.165, 1.54) is 0 Å². The molecule has 0 saturated heterocycles. The number of hydrogen-bond donors (Lipinski definition) is 2. The summed E-state index contributed by atoms with van der Waals surface area (Å²) in [5, 5.41) is 17.8. The van der Waals surface area contributed by atoms with Crippen molar-refractivity contribution in [3.8, 4) is 0 Å². The molecule has 23 heavy (non-hydrogen) atoms. The number of ether oxygens (including phenoxy) is 1. The van der Waals surface area contributed by atoms with Crippen LogP contribution in [0.1, 0.15) is 40.5 Å². The van der Waals surface area contributed by atoms with Crippen LogP contribution < -0.4 is 0 Å². The van der Waals surface area contributed by atoms with Gasteiger partial charge in [0.2, 0.25) is 0 Å². The molecule has 0 aliphatic heterocycles. The first-order valence-corrected chi connectivity index (χ1v) is 7.89. The summed E-state index contributed by atoms with van der Waals surface area (Å²) in [7, 11) is 0. The lowest BCUT2D eigenvalue weighted by Crippen LogP contribution is -2.35. The molecule has 1 unspecified atom stereocenters. The van der Waals surface area contributed by atoms with Crippen LogP contribution in [0, 0.1) is 10.8 Å². The Kier molecular flexibility index (Phi) is 4.76. The predicted molar refractivity (Wildman–Crippen MR) is 91.4 cm³/mol. The minimum absolute atomic E-state index is 0.243. The smallest absolute Gasteiger partial charge is 0.310 e. The molecule has 0 radical (unpaired) electrons. The van der Waals surface area contributed by atoms with Gasteiger partial charge in [-0.25, -0.2) is 0 Å². The zero-order valence-electron chi connectivity index (χ0n) is 14.2. The molecule has 0 saturated carbocycles. The van der Waals surface area contributed by atoms with Crippen LogP contribution in [0.5, 0.6) is 0 Å². The van der Waals surface area contributed by atoms with Crippen LogP contribution in [0.2, 0.25) is 0 Å². The SMILES string of the molecule is C[C@@H](O)C1=CC2(C=C(/C=C/CC(=O)OC(C)(C)C)C2)C(=N)C=C1. The maximum Gasteiger partial charge on any atom is 0.310 e. The molecule has 2 N–H and O–H groups in total. The Hall–Kier alpha value is -1.94. The van der Waals surface area contributed by atoms with E-state index in [-0.39, 0.29) is 12.4 Å². The predicted octanol–water partition coefficient (Wildman–Crippen LogP) is 3.49. The van der Waals surface area contributed by atoms with E-state index in [1.807, 2.05) is 39.0 Å². The Morgan fingerprint density at radius 2 is 2.09 bits per heavy atom. The van der Waals surface area contributed by atoms with Gasteiger partial charge in [-0.05, 0) is 51.3 Å². The van der Waals surface area contributed by atoms with Crippen LogP contribution in [0.25, 0.3) is 0 Å². The van der Waals surface area contributed by atoms with E-state index in [0.717, 1.165) is 17.6 Å². The monoisotopic (exact) mass is 315 g/mol. The summed E-state index contributed by atoms with van der Waals surface area (Å²) >= 11 is 0. The third kappa shape index (κ3) is 4.29. The van der Waals surface area contributed by atoms with Gasteiger partial charge in [-0.2, -0.15) is 0 Å². The molecule has 2 aliphatic rings. The number of carbonyl (C=O) groups excluding carboxylic acids is 1. The maximum atomic E-state index is 11.6. The highest BCUT2D eigenvalue weighted by Gasteiger charge is 2.39. The number of nitrogens with one attached hydrogen (secondary N) is 1. The molecule has 0 heterocycles. The first-order valence-electron chi connectivity index (χ1n) is 7.89. The van der Waals surface area contributed by atoms with Gasteiger partial charge in [0.05, 0.1) is 17.9 Å². The summed E-state index contributed by atoms with van der Waals surface area (Å²) in [5.41, 5.74) is 1.61. The molecule has 2 aliphatic carbocycles. The van der Waals surface area contributed by atoms with Gasteiger partial charge in [-0.1, -0.05) is 30.4 Å². The molecular formula is C19H25NO3. The van der Waals surface area contributed by atoms with Crippen LogP contribution in [0.4, 0.5) is 0 Å². The molecule has 0 aromatic rings. The fraction of sp³-hybridized carbons (Fsp3) is 0.474. The molecule has 0 fully saturated rings. The molecule has 124 valence electrons. The summed E-state index contributed by atoms with van der Waals surface area (Å²) in [5.74, 6) is -0.243. The van der Waals surface area contributed by atoms with Gasteiger partial charge >= 0.3 is 5.97 Å². The fourth-order valence-corrected chi connectivity index (χ4v) is 2.72. The summed E-state index contributed by atoms with van der Waals surface area (Å²) in [4.78, 5) is 11.6. The van der Waals surface area contributed by atoms with Gasteiger partial charge in [-0.3, -0.25) is 4.79 Å². The van der Waals surface area contributed by atoms with E-state index in [0.29, 0.717) is 5.71 Å². The zero-order chi connectivity index (χ0) is 17.3. The number of aliphatic hydroxyl groups is 1. The van der Waals surface area contributed by atoms with Crippen molar-refractivity contribution in [3.63, 3.8) is 0 Å². The van der Waals surface area contributed by atoms with Gasteiger partial charge in [0.25, 0.3) is 0 Å². The lowest BCUT2D eigenvalue weighted by atomic mass is 9.65. The van der Waals surface area contributed by atoms with Gasteiger partial charge in [0.1, 0.15) is 5.60 Å². The first-order chi connectivity index (χ1) is 10.6. The third-order valence-electron chi connectivity index (χ3n) is 3.83. The van der Waals surface area contributed by atoms with Crippen molar-refractivity contribution >= 4 is 11.7 Å². The molecule has 4 nitrogen and oxygen atoms in total. The zero-order valence-corrected chi connectivity index (χ0v) is 14.2. The Bertz CT molecular complexity index is 629. The average molecular weight is 315 g/mol. The lowest BCUT2D eigenvalue weighted by Gasteiger charge is -2.39. The van der Waals surface area contributed by atoms with Gasteiger partial charge in [0.15, 0.2) is 0 Å². The summed E-state index contributed by atoms with van der Waals surface area (Å²) in [6, 6.07) is 0. The first kappa shape index (κ1) is 17.4. The molecule has 0 bridgehead atoms. The van der Waals surface area contributed by atoms with Gasteiger partial charge in [-0.15, -0.1) is 0 Å². The van der Waals surface area contributed by atoms with Crippen LogP contribution >= 0.6 is 0 Å². The quantitative estimate of drug-likeness (QED) is 0.780. The number of rotatable bonds is 4. The minimum atomic E-state index is -0.531. The Morgan fingerprint density at radius 1 is 1.43 bits per heavy atom. The fourth-order valence-electron chi connectivity index (χ4n) is 2.72. The standard InChI is InChI=1S/C19H25NO3/c1-13(21)15-8-9-16(20)19(12-15)10-14(11-19)6-5-7-17(22)23-18(2,3)4/h5-6,8-10,12-13,20-21H,7,11H2,1-4H3/b6-5+,20-16?/t13-,19?/m1/s1. The highest BCUT2D eigenvalue weighted by atomic mass is 16.6. The summed E-state index contributed by atoms with van der Waals surface area (Å²) in [6.07, 6.45) is 11.7. The van der Waals surface area contributed by atoms with Crippen molar-refractivity contribution in [2.75, 3.05) is 0 Å². The minimum Gasteiger partial charge on any atom is -0.460 e. The third-order valence-corrected chi connectivity index (χ3v) is 3.83. The number of aliphatic hydroxyl groups excluding tert-OH is 1. The molecule has 4 heteroatoms. The van der Waals surface area contributed by atoms with Crippen molar-refractivity contribution < 1.29 is 14.6 Å². The molecule has 0 aromatic heterocycles. The van der Waals surface area contributed by atoms with Crippen molar-refractivity contribution in [1.82, 2.24) is 0 Å². The van der Waals surface area contributed by atoms with Gasteiger partial charge in [0, 0.05) is 5.71 Å². The van der Waals surface area contributed by atoms with Crippen molar-refractivity contribution in [2.45, 2.75) is 52.2 Å². The van der Waals surface area contributed by atoms with Crippen LogP contribution in [0.15, 0.2) is 47.6 Å². The Labute approximate surface area is 137 Å². The molecule has 2 rings (SSSR count). The van der Waals surface area contributed by atoms with Crippen LogP contribution in [-0.2, 0) is 9.53 Å². The second-order valence-electron chi connectivity index (χ2n) is 7.20. The topological polar surface area (TPSA) is 70.4 Å². The molecule has 0 aromatic carbocycles. The second kappa shape index (κ2) is 6.28. The van der Waals surface area contributed by atoms with E-state index in [1.54, 1.807) is 25.2 Å². The number of carbonyl (C=O) groups is 1. The van der Waals surface area contributed by atoms with Crippen LogP contribution in [-0.4, -0.2) is 28.5 Å². The lowest BCUT2D eigenvalue weighted by molar-refractivity contribution is -0.153. The number of hydrogen-bond acceptors (Lipinski definition) is 4. The van der Waals surface area contributed by atoms with Crippen molar-refractivity contribution in [3.05, 3.63) is 47.6 Å². The molecule has 1 spiro atoms. The molecule has 2 atom stereocenters. The summed E-state index contributed by atoms with van der Waals surface area (Å²) < 4.78 is 5.25. The average Bonchev–Trinajstić information content (AvgIpc) is 2.36. The largest absolute Gasteiger partial charge is 0.460 e. The number of esters is 1. The van der Waals surface area contributed by atoms with Gasteiger partial charge < -0.3 is 15.3 Å². The summed E-state index contributed by atoms with van der Waals surface area (Å²) in [6.45, 7) is 7.27. The van der Waals surface area contributed by atoms with E-state index < -0.39 is 17.1 Å². The highest BCUT2D eigenvalue weighted by molar-refractivity contribution is 6.03. The number of allylic oxidation sites excluding steroid dienone is 5. The Morgan fingerprint density at radius 3 is 2.65 bits per heavy atom. The van der Waals surface area contributed by atoms with Crippen molar-refractivity contribution in [2.24, 2.45) is 5.41 Å². The van der Waals surface area contributed by atoms with E-state index in [2.05, 4.69) is 0 Å². The molecular weight excluding hydrogens is 290 g/mol. The van der Waals surface area contributed by atoms with Crippen molar-refractivity contribution in [1.29, 1.82) is 5.41 Å². The maximum absolute atomic E-state index is 11.6. The molecule has 0 amide bonds. The van der Waals surface area contributed by atoms with Crippen LogP contribution in [0.3, 0.4) is 0 Å². The van der Waals surface area contributed by atoms with E-state index in [9.17, 15) is 9.90 Å². The van der Waals surface area contributed by atoms with E-state index >= 15 is 0 Å². The Balaban J connectivity index is 1.97.